The van der Waals surface area contributed by atoms with Crippen LogP contribution in [0.15, 0.2) is 42.5 Å². The van der Waals surface area contributed by atoms with Crippen LogP contribution in [0.25, 0.3) is 0 Å². The van der Waals surface area contributed by atoms with Gasteiger partial charge in [-0.1, -0.05) is 12.1 Å². The van der Waals surface area contributed by atoms with Crippen LogP contribution in [0.4, 0.5) is 18.9 Å². The summed E-state index contributed by atoms with van der Waals surface area (Å²) in [5.41, 5.74) is 0.281. The van der Waals surface area contributed by atoms with Crippen LogP contribution in [0, 0.1) is 17.5 Å². The molecule has 0 radical (unpaired) electrons. The normalized spacial score (nSPS) is 10.2. The molecular formula is C16H13F3N2O2. The smallest absolute Gasteiger partial charge is 0.243 e. The van der Waals surface area contributed by atoms with Crippen LogP contribution in [-0.4, -0.2) is 18.4 Å². The van der Waals surface area contributed by atoms with Crippen LogP contribution >= 0.6 is 0 Å². The Kier molecular flexibility index (Phi) is 5.35. The number of nitrogens with one attached hydrogen (secondary N) is 2. The second kappa shape index (κ2) is 7.44. The average Bonchev–Trinajstić information content (AvgIpc) is 2.48. The van der Waals surface area contributed by atoms with Gasteiger partial charge in [-0.3, -0.25) is 9.59 Å². The molecule has 0 atom stereocenters. The standard InChI is InChI=1S/C16H13F3N2O2/c17-11-3-1-2-10(6-11)7-15(22)20-9-16(23)21-14-5-4-12(18)8-13(14)19/h1-6,8H,7,9H2,(H,20,22)(H,21,23). The number of carbonyl (C=O) groups excluding carboxylic acids is 2. The highest BCUT2D eigenvalue weighted by molar-refractivity contribution is 5.94. The minimum absolute atomic E-state index is 0.0874. The van der Waals surface area contributed by atoms with E-state index in [1.165, 1.54) is 18.2 Å². The molecule has 23 heavy (non-hydrogen) atoms. The lowest BCUT2D eigenvalue weighted by Gasteiger charge is -2.08. The fourth-order valence-corrected chi connectivity index (χ4v) is 1.86. The molecule has 0 saturated heterocycles. The summed E-state index contributed by atoms with van der Waals surface area (Å²) >= 11 is 0. The minimum atomic E-state index is -0.913. The van der Waals surface area contributed by atoms with Crippen LogP contribution in [0.2, 0.25) is 0 Å². The van der Waals surface area contributed by atoms with Gasteiger partial charge in [-0.2, -0.15) is 0 Å². The van der Waals surface area contributed by atoms with Gasteiger partial charge in [-0.25, -0.2) is 13.2 Å². The van der Waals surface area contributed by atoms with Crippen LogP contribution in [-0.2, 0) is 16.0 Å². The zero-order chi connectivity index (χ0) is 16.8. The zero-order valence-corrected chi connectivity index (χ0v) is 11.9. The number of rotatable bonds is 5. The van der Waals surface area contributed by atoms with E-state index in [0.29, 0.717) is 11.6 Å². The summed E-state index contributed by atoms with van der Waals surface area (Å²) in [4.78, 5) is 23.3. The molecule has 2 aromatic carbocycles. The molecule has 2 rings (SSSR count). The zero-order valence-electron chi connectivity index (χ0n) is 11.9. The molecule has 0 spiro atoms. The minimum Gasteiger partial charge on any atom is -0.347 e. The van der Waals surface area contributed by atoms with E-state index >= 15 is 0 Å². The third-order valence-electron chi connectivity index (χ3n) is 2.91. The molecule has 120 valence electrons. The van der Waals surface area contributed by atoms with Gasteiger partial charge >= 0.3 is 0 Å². The first-order valence-electron chi connectivity index (χ1n) is 6.70. The second-order valence-electron chi connectivity index (χ2n) is 4.76. The van der Waals surface area contributed by atoms with E-state index < -0.39 is 29.3 Å². The monoisotopic (exact) mass is 322 g/mol. The quantitative estimate of drug-likeness (QED) is 0.888. The first kappa shape index (κ1) is 16.5. The largest absolute Gasteiger partial charge is 0.347 e. The fourth-order valence-electron chi connectivity index (χ4n) is 1.86. The summed E-state index contributed by atoms with van der Waals surface area (Å²) in [6, 6.07) is 8.24. The van der Waals surface area contributed by atoms with Crippen LogP contribution in [0.5, 0.6) is 0 Å². The third-order valence-corrected chi connectivity index (χ3v) is 2.91. The molecule has 0 heterocycles. The molecule has 0 saturated carbocycles. The number of benzene rings is 2. The average molecular weight is 322 g/mol. The van der Waals surface area contributed by atoms with Crippen molar-refractivity contribution in [2.75, 3.05) is 11.9 Å². The Hall–Kier alpha value is -2.83. The predicted octanol–water partition coefficient (Wildman–Crippen LogP) is 2.40. The molecule has 0 aromatic heterocycles. The molecule has 0 aliphatic carbocycles. The van der Waals surface area contributed by atoms with Gasteiger partial charge in [0.05, 0.1) is 18.7 Å². The lowest BCUT2D eigenvalue weighted by Crippen LogP contribution is -2.34. The van der Waals surface area contributed by atoms with Crippen molar-refractivity contribution in [1.29, 1.82) is 0 Å². The van der Waals surface area contributed by atoms with Crippen molar-refractivity contribution < 1.29 is 22.8 Å². The highest BCUT2D eigenvalue weighted by atomic mass is 19.1. The van der Waals surface area contributed by atoms with E-state index in [4.69, 9.17) is 0 Å². The molecule has 0 bridgehead atoms. The Morgan fingerprint density at radius 1 is 0.913 bits per heavy atom. The van der Waals surface area contributed by atoms with Crippen LogP contribution < -0.4 is 10.6 Å². The summed E-state index contributed by atoms with van der Waals surface area (Å²) in [5.74, 6) is -3.28. The van der Waals surface area contributed by atoms with Gasteiger partial charge in [0.2, 0.25) is 11.8 Å². The SMILES string of the molecule is O=C(Cc1cccc(F)c1)NCC(=O)Nc1ccc(F)cc1F. The van der Waals surface area contributed by atoms with Gasteiger partial charge in [0.1, 0.15) is 17.5 Å². The molecule has 2 amide bonds. The summed E-state index contributed by atoms with van der Waals surface area (Å²) < 4.78 is 39.1. The van der Waals surface area contributed by atoms with E-state index in [2.05, 4.69) is 10.6 Å². The van der Waals surface area contributed by atoms with Crippen LogP contribution in [0.1, 0.15) is 5.56 Å². The number of halogens is 3. The third kappa shape index (κ3) is 5.14. The summed E-state index contributed by atoms with van der Waals surface area (Å²) in [5, 5.41) is 4.54. The maximum absolute atomic E-state index is 13.4. The van der Waals surface area contributed by atoms with Gasteiger partial charge in [0.25, 0.3) is 0 Å². The Morgan fingerprint density at radius 2 is 1.65 bits per heavy atom. The molecule has 0 unspecified atom stereocenters. The molecule has 2 aromatic rings. The Balaban J connectivity index is 1.83. The topological polar surface area (TPSA) is 58.2 Å². The highest BCUT2D eigenvalue weighted by Crippen LogP contribution is 2.14. The number of amides is 2. The maximum atomic E-state index is 13.4. The number of hydrogen-bond acceptors (Lipinski definition) is 2. The van der Waals surface area contributed by atoms with Crippen molar-refractivity contribution in [3.8, 4) is 0 Å². The molecule has 4 nitrogen and oxygen atoms in total. The van der Waals surface area contributed by atoms with Gasteiger partial charge in [0.15, 0.2) is 0 Å². The molecule has 0 fully saturated rings. The van der Waals surface area contributed by atoms with Crippen molar-refractivity contribution in [2.45, 2.75) is 6.42 Å². The van der Waals surface area contributed by atoms with Gasteiger partial charge in [-0.05, 0) is 29.8 Å². The molecule has 0 aliphatic rings. The number of anilines is 1. The van der Waals surface area contributed by atoms with Gasteiger partial charge in [-0.15, -0.1) is 0 Å². The fraction of sp³-hybridized carbons (Fsp3) is 0.125. The molecular weight excluding hydrogens is 309 g/mol. The first-order chi connectivity index (χ1) is 10.9. The molecule has 2 N–H and O–H groups in total. The van der Waals surface area contributed by atoms with Crippen LogP contribution in [0.3, 0.4) is 0 Å². The Morgan fingerprint density at radius 3 is 2.35 bits per heavy atom. The van der Waals surface area contributed by atoms with Crippen molar-refractivity contribution in [3.63, 3.8) is 0 Å². The lowest BCUT2D eigenvalue weighted by atomic mass is 10.1. The van der Waals surface area contributed by atoms with E-state index in [-0.39, 0.29) is 18.7 Å². The van der Waals surface area contributed by atoms with Crippen molar-refractivity contribution >= 4 is 17.5 Å². The predicted molar refractivity (Wildman–Crippen MR) is 78.1 cm³/mol. The summed E-state index contributed by atoms with van der Waals surface area (Å²) in [6.45, 7) is -0.384. The van der Waals surface area contributed by atoms with Crippen molar-refractivity contribution in [2.24, 2.45) is 0 Å². The summed E-state index contributed by atoms with van der Waals surface area (Å²) in [6.07, 6.45) is -0.0874. The van der Waals surface area contributed by atoms with E-state index in [1.807, 2.05) is 0 Å². The second-order valence-corrected chi connectivity index (χ2v) is 4.76. The molecule has 0 aliphatic heterocycles. The van der Waals surface area contributed by atoms with E-state index in [9.17, 15) is 22.8 Å². The van der Waals surface area contributed by atoms with Crippen molar-refractivity contribution in [1.82, 2.24) is 5.32 Å². The number of carbonyl (C=O) groups is 2. The summed E-state index contributed by atoms with van der Waals surface area (Å²) in [7, 11) is 0. The first-order valence-corrected chi connectivity index (χ1v) is 6.70. The Labute approximate surface area is 130 Å². The maximum Gasteiger partial charge on any atom is 0.243 e. The lowest BCUT2D eigenvalue weighted by molar-refractivity contribution is -0.123. The van der Waals surface area contributed by atoms with Gasteiger partial charge < -0.3 is 10.6 Å². The highest BCUT2D eigenvalue weighted by Gasteiger charge is 2.10. The Bertz CT molecular complexity index is 735. The van der Waals surface area contributed by atoms with Gasteiger partial charge in [0, 0.05) is 6.07 Å². The van der Waals surface area contributed by atoms with E-state index in [0.717, 1.165) is 12.1 Å². The van der Waals surface area contributed by atoms with Crippen molar-refractivity contribution in [3.05, 3.63) is 65.5 Å². The number of hydrogen-bond donors (Lipinski definition) is 2. The van der Waals surface area contributed by atoms with E-state index in [1.54, 1.807) is 6.07 Å². The molecule has 7 heteroatoms.